The Morgan fingerprint density at radius 1 is 1.43 bits per heavy atom. The van der Waals surface area contributed by atoms with Gasteiger partial charge in [-0.1, -0.05) is 0 Å². The summed E-state index contributed by atoms with van der Waals surface area (Å²) in [4.78, 5) is 21.6. The molecule has 0 aliphatic rings. The number of nitrogens with zero attached hydrogens (tertiary/aromatic N) is 5. The molecule has 0 saturated carbocycles. The van der Waals surface area contributed by atoms with Gasteiger partial charge in [0, 0.05) is 31.8 Å². The van der Waals surface area contributed by atoms with E-state index >= 15 is 0 Å². The number of nitrogens with two attached hydrogens (primary N) is 1. The fourth-order valence-electron chi connectivity index (χ4n) is 1.94. The van der Waals surface area contributed by atoms with Crippen LogP contribution in [-0.4, -0.2) is 46.4 Å². The van der Waals surface area contributed by atoms with E-state index in [0.717, 1.165) is 11.3 Å². The first-order valence-corrected chi connectivity index (χ1v) is 7.14. The predicted molar refractivity (Wildman–Crippen MR) is 88.3 cm³/mol. The minimum atomic E-state index is -0.388. The summed E-state index contributed by atoms with van der Waals surface area (Å²) in [5, 5.41) is 4.30. The molecule has 2 heterocycles. The van der Waals surface area contributed by atoms with E-state index in [1.165, 1.54) is 6.08 Å². The average molecular weight is 316 g/mol. The van der Waals surface area contributed by atoms with Crippen LogP contribution in [0, 0.1) is 6.92 Å². The molecule has 2 N–H and O–H groups in total. The molecule has 0 aromatic carbocycles. The summed E-state index contributed by atoms with van der Waals surface area (Å²) in [6, 6.07) is 1.79. The number of anilines is 2. The van der Waals surface area contributed by atoms with E-state index in [4.69, 9.17) is 10.5 Å². The fourth-order valence-corrected chi connectivity index (χ4v) is 1.94. The van der Waals surface area contributed by atoms with E-state index in [1.54, 1.807) is 29.9 Å². The van der Waals surface area contributed by atoms with E-state index in [0.29, 0.717) is 18.2 Å². The first-order valence-electron chi connectivity index (χ1n) is 7.14. The Balaban J connectivity index is 2.34. The van der Waals surface area contributed by atoms with Crippen molar-refractivity contribution in [1.29, 1.82) is 0 Å². The van der Waals surface area contributed by atoms with Crippen LogP contribution in [0.4, 0.5) is 11.8 Å². The van der Waals surface area contributed by atoms with Crippen molar-refractivity contribution < 1.29 is 9.53 Å². The topological polar surface area (TPSA) is 99.2 Å². The molecular weight excluding hydrogens is 296 g/mol. The first kappa shape index (κ1) is 16.5. The second-order valence-corrected chi connectivity index (χ2v) is 5.02. The maximum absolute atomic E-state index is 11.4. The van der Waals surface area contributed by atoms with E-state index in [2.05, 4.69) is 15.1 Å². The number of carbonyl (C=O) groups is 1. The van der Waals surface area contributed by atoms with Crippen molar-refractivity contribution >= 4 is 23.8 Å². The van der Waals surface area contributed by atoms with Crippen LogP contribution < -0.4 is 10.6 Å². The van der Waals surface area contributed by atoms with Gasteiger partial charge in [0.2, 0.25) is 5.95 Å². The molecule has 0 radical (unpaired) electrons. The molecule has 2 aromatic rings. The highest BCUT2D eigenvalue weighted by Crippen LogP contribution is 2.18. The second kappa shape index (κ2) is 6.91. The van der Waals surface area contributed by atoms with Gasteiger partial charge in [0.1, 0.15) is 5.82 Å². The normalized spacial score (nSPS) is 11.0. The van der Waals surface area contributed by atoms with Crippen LogP contribution in [0.1, 0.15) is 18.2 Å². The van der Waals surface area contributed by atoms with Gasteiger partial charge in [-0.15, -0.1) is 0 Å². The minimum Gasteiger partial charge on any atom is -0.463 e. The molecule has 0 unspecified atom stereocenters. The maximum Gasteiger partial charge on any atom is 0.330 e. The Labute approximate surface area is 134 Å². The SMILES string of the molecule is CCOC(=O)C=Cc1cnn(-c2cc(N(C)C)nc(N)n2)c1C. The van der Waals surface area contributed by atoms with Crippen LogP contribution in [0.2, 0.25) is 0 Å². The Kier molecular flexibility index (Phi) is 4.95. The van der Waals surface area contributed by atoms with E-state index in [-0.39, 0.29) is 11.9 Å². The molecule has 0 amide bonds. The Bertz CT molecular complexity index is 736. The number of hydrogen-bond donors (Lipinski definition) is 1. The van der Waals surface area contributed by atoms with Gasteiger partial charge in [0.25, 0.3) is 0 Å². The van der Waals surface area contributed by atoms with Gasteiger partial charge in [0.15, 0.2) is 5.82 Å². The van der Waals surface area contributed by atoms with E-state index in [1.807, 2.05) is 25.9 Å². The number of carbonyl (C=O) groups excluding carboxylic acids is 1. The number of hydrogen-bond acceptors (Lipinski definition) is 7. The Morgan fingerprint density at radius 3 is 2.83 bits per heavy atom. The van der Waals surface area contributed by atoms with Crippen LogP contribution in [0.25, 0.3) is 11.9 Å². The second-order valence-electron chi connectivity index (χ2n) is 5.02. The highest BCUT2D eigenvalue weighted by molar-refractivity contribution is 5.87. The number of ether oxygens (including phenoxy) is 1. The zero-order chi connectivity index (χ0) is 17.0. The zero-order valence-electron chi connectivity index (χ0n) is 13.6. The van der Waals surface area contributed by atoms with Gasteiger partial charge in [0.05, 0.1) is 18.5 Å². The molecule has 2 aromatic heterocycles. The van der Waals surface area contributed by atoms with Gasteiger partial charge in [-0.3, -0.25) is 0 Å². The molecule has 0 fully saturated rings. The van der Waals surface area contributed by atoms with Gasteiger partial charge in [-0.2, -0.15) is 15.1 Å². The van der Waals surface area contributed by atoms with Gasteiger partial charge < -0.3 is 15.4 Å². The summed E-state index contributed by atoms with van der Waals surface area (Å²) >= 11 is 0. The summed E-state index contributed by atoms with van der Waals surface area (Å²) in [6.45, 7) is 3.98. The summed E-state index contributed by atoms with van der Waals surface area (Å²) in [5.74, 6) is 1.03. The lowest BCUT2D eigenvalue weighted by atomic mass is 10.2. The van der Waals surface area contributed by atoms with Crippen molar-refractivity contribution in [3.05, 3.63) is 29.6 Å². The summed E-state index contributed by atoms with van der Waals surface area (Å²) < 4.78 is 6.51. The molecule has 2 rings (SSSR count). The molecule has 122 valence electrons. The Morgan fingerprint density at radius 2 is 2.17 bits per heavy atom. The van der Waals surface area contributed by atoms with Gasteiger partial charge in [-0.25, -0.2) is 9.48 Å². The smallest absolute Gasteiger partial charge is 0.330 e. The van der Waals surface area contributed by atoms with Crippen molar-refractivity contribution in [2.75, 3.05) is 31.3 Å². The molecule has 23 heavy (non-hydrogen) atoms. The average Bonchev–Trinajstić information content (AvgIpc) is 2.86. The third kappa shape index (κ3) is 3.85. The molecule has 8 heteroatoms. The standard InChI is InChI=1S/C15H20N6O2/c1-5-23-14(22)7-6-11-9-17-21(10(11)2)13-8-12(20(3)4)18-15(16)19-13/h6-9H,5H2,1-4H3,(H2,16,18,19). The van der Waals surface area contributed by atoms with Crippen molar-refractivity contribution in [2.24, 2.45) is 0 Å². The molecule has 0 bridgehead atoms. The van der Waals surface area contributed by atoms with E-state index < -0.39 is 0 Å². The lowest BCUT2D eigenvalue weighted by Crippen LogP contribution is -2.14. The van der Waals surface area contributed by atoms with Crippen LogP contribution >= 0.6 is 0 Å². The lowest BCUT2D eigenvalue weighted by Gasteiger charge is -2.13. The quantitative estimate of drug-likeness (QED) is 0.653. The molecule has 0 aliphatic heterocycles. The van der Waals surface area contributed by atoms with Crippen molar-refractivity contribution in [1.82, 2.24) is 19.7 Å². The predicted octanol–water partition coefficient (Wildman–Crippen LogP) is 1.20. The van der Waals surface area contributed by atoms with Crippen molar-refractivity contribution in [3.8, 4) is 5.82 Å². The van der Waals surface area contributed by atoms with Gasteiger partial charge in [-0.05, 0) is 19.9 Å². The molecular formula is C15H20N6O2. The van der Waals surface area contributed by atoms with Crippen LogP contribution in [0.3, 0.4) is 0 Å². The summed E-state index contributed by atoms with van der Waals surface area (Å²) in [5.41, 5.74) is 7.38. The summed E-state index contributed by atoms with van der Waals surface area (Å²) in [7, 11) is 3.74. The molecule has 0 aliphatic carbocycles. The van der Waals surface area contributed by atoms with Crippen molar-refractivity contribution in [2.45, 2.75) is 13.8 Å². The summed E-state index contributed by atoms with van der Waals surface area (Å²) in [6.07, 6.45) is 4.68. The number of esters is 1. The van der Waals surface area contributed by atoms with Crippen LogP contribution in [-0.2, 0) is 9.53 Å². The molecule has 0 spiro atoms. The number of rotatable bonds is 5. The molecule has 0 saturated heterocycles. The van der Waals surface area contributed by atoms with Gasteiger partial charge >= 0.3 is 5.97 Å². The maximum atomic E-state index is 11.4. The fraction of sp³-hybridized carbons (Fsp3) is 0.333. The first-order chi connectivity index (χ1) is 10.9. The minimum absolute atomic E-state index is 0.171. The highest BCUT2D eigenvalue weighted by Gasteiger charge is 2.11. The molecule has 0 atom stereocenters. The monoisotopic (exact) mass is 316 g/mol. The Hall–Kier alpha value is -2.90. The van der Waals surface area contributed by atoms with E-state index in [9.17, 15) is 4.79 Å². The van der Waals surface area contributed by atoms with Crippen LogP contribution in [0.15, 0.2) is 18.3 Å². The third-order valence-corrected chi connectivity index (χ3v) is 3.12. The highest BCUT2D eigenvalue weighted by atomic mass is 16.5. The zero-order valence-corrected chi connectivity index (χ0v) is 13.6. The third-order valence-electron chi connectivity index (χ3n) is 3.12. The number of nitrogen functional groups attached to an aromatic ring is 1. The number of aromatic nitrogens is 4. The lowest BCUT2D eigenvalue weighted by molar-refractivity contribution is -0.137. The molecule has 8 nitrogen and oxygen atoms in total. The van der Waals surface area contributed by atoms with Crippen molar-refractivity contribution in [3.63, 3.8) is 0 Å². The van der Waals surface area contributed by atoms with Crippen LogP contribution in [0.5, 0.6) is 0 Å². The largest absolute Gasteiger partial charge is 0.463 e.